The lowest BCUT2D eigenvalue weighted by Gasteiger charge is -2.08. The number of rotatable bonds is 12. The average Bonchev–Trinajstić information content (AvgIpc) is 2.81. The van der Waals surface area contributed by atoms with Gasteiger partial charge in [0.25, 0.3) is 0 Å². The first-order valence-corrected chi connectivity index (χ1v) is 10.8. The zero-order valence-corrected chi connectivity index (χ0v) is 19.2. The van der Waals surface area contributed by atoms with Gasteiger partial charge in [-0.25, -0.2) is 9.59 Å². The maximum atomic E-state index is 12.2. The minimum Gasteiger partial charge on any atom is -0.512 e. The van der Waals surface area contributed by atoms with Crippen LogP contribution >= 0.6 is 0 Å². The average molecular weight is 466 g/mol. The predicted molar refractivity (Wildman–Crippen MR) is 127 cm³/mol. The maximum Gasteiger partial charge on any atom is 0.338 e. The number of azide groups is 1. The summed E-state index contributed by atoms with van der Waals surface area (Å²) in [6.07, 6.45) is 3.00. The highest BCUT2D eigenvalue weighted by molar-refractivity contribution is 6.20. The first-order valence-electron chi connectivity index (χ1n) is 10.8. The molecule has 0 bridgehead atoms. The molecule has 0 unspecified atom stereocenters. The van der Waals surface area contributed by atoms with Crippen LogP contribution in [0, 0.1) is 0 Å². The second kappa shape index (κ2) is 13.4. The molecule has 9 nitrogen and oxygen atoms in total. The number of aliphatic hydroxyl groups is 1. The number of Topliss-reactive ketones (excluding diaryl/α,β-unsaturated/α-hetero) is 1. The third kappa shape index (κ3) is 8.11. The molecule has 0 aliphatic carbocycles. The van der Waals surface area contributed by atoms with E-state index in [4.69, 9.17) is 15.0 Å². The van der Waals surface area contributed by atoms with E-state index in [2.05, 4.69) is 10.0 Å². The van der Waals surface area contributed by atoms with Gasteiger partial charge in [0.1, 0.15) is 5.76 Å². The van der Waals surface area contributed by atoms with E-state index in [-0.39, 0.29) is 30.3 Å². The predicted octanol–water partition coefficient (Wildman–Crippen LogP) is 6.08. The molecule has 34 heavy (non-hydrogen) atoms. The Bertz CT molecular complexity index is 1080. The van der Waals surface area contributed by atoms with Gasteiger partial charge in [-0.05, 0) is 74.9 Å². The van der Waals surface area contributed by atoms with Gasteiger partial charge in [-0.3, -0.25) is 4.79 Å². The topological polar surface area (TPSA) is 139 Å². The largest absolute Gasteiger partial charge is 0.512 e. The van der Waals surface area contributed by atoms with Crippen molar-refractivity contribution in [1.29, 1.82) is 0 Å². The van der Waals surface area contributed by atoms with E-state index in [0.717, 1.165) is 12.8 Å². The van der Waals surface area contributed by atoms with Crippen LogP contribution in [0.15, 0.2) is 59.4 Å². The van der Waals surface area contributed by atoms with E-state index in [0.29, 0.717) is 35.2 Å². The molecule has 9 heteroatoms. The molecule has 2 rings (SSSR count). The molecule has 0 aliphatic rings. The smallest absolute Gasteiger partial charge is 0.338 e. The molecule has 0 saturated heterocycles. The zero-order chi connectivity index (χ0) is 24.9. The van der Waals surface area contributed by atoms with Crippen LogP contribution in [0.2, 0.25) is 0 Å². The van der Waals surface area contributed by atoms with Crippen LogP contribution in [0.4, 0.5) is 5.69 Å². The molecular weight excluding hydrogens is 438 g/mol. The fourth-order valence-corrected chi connectivity index (χ4v) is 3.21. The first-order chi connectivity index (χ1) is 16.3. The number of carbonyl (C=O) groups is 3. The number of benzene rings is 2. The number of nitrogens with zero attached hydrogens (tertiary/aromatic N) is 3. The van der Waals surface area contributed by atoms with Gasteiger partial charge < -0.3 is 14.6 Å². The third-order valence-corrected chi connectivity index (χ3v) is 4.89. The van der Waals surface area contributed by atoms with Gasteiger partial charge in [-0.1, -0.05) is 29.4 Å². The standard InChI is InChI=1S/C25H27N3O6/c1-17(29)23(18(2)30)19-7-9-20(10-8-19)24(31)33-15-5-3-4-6-16-34-25(32)21-11-13-22(14-12-21)27-28-26/h7-14,29H,3-6,15-16H2,1-2H3. The fourth-order valence-electron chi connectivity index (χ4n) is 3.21. The minimum absolute atomic E-state index is 0.0709. The summed E-state index contributed by atoms with van der Waals surface area (Å²) in [5.74, 6) is -1.22. The molecule has 0 fully saturated rings. The normalized spacial score (nSPS) is 11.1. The number of ketones is 1. The number of hydrogen-bond acceptors (Lipinski definition) is 7. The quantitative estimate of drug-likeness (QED) is 0.0766. The van der Waals surface area contributed by atoms with Crippen molar-refractivity contribution in [1.82, 2.24) is 0 Å². The highest BCUT2D eigenvalue weighted by atomic mass is 16.5. The van der Waals surface area contributed by atoms with Crippen molar-refractivity contribution in [2.75, 3.05) is 13.2 Å². The van der Waals surface area contributed by atoms with Crippen molar-refractivity contribution in [2.24, 2.45) is 5.11 Å². The summed E-state index contributed by atoms with van der Waals surface area (Å²) >= 11 is 0. The van der Waals surface area contributed by atoms with Crippen LogP contribution < -0.4 is 0 Å². The molecule has 0 radical (unpaired) electrons. The number of hydrogen-bond donors (Lipinski definition) is 1. The molecule has 1 N–H and O–H groups in total. The van der Waals surface area contributed by atoms with Crippen LogP contribution in [0.5, 0.6) is 0 Å². The minimum atomic E-state index is -0.457. The first kappa shape index (κ1) is 26.2. The van der Waals surface area contributed by atoms with E-state index >= 15 is 0 Å². The van der Waals surface area contributed by atoms with E-state index in [9.17, 15) is 19.5 Å². The molecular formula is C25H27N3O6. The van der Waals surface area contributed by atoms with Gasteiger partial charge in [0.2, 0.25) is 0 Å². The van der Waals surface area contributed by atoms with Crippen molar-refractivity contribution in [3.05, 3.63) is 81.4 Å². The van der Waals surface area contributed by atoms with Crippen molar-refractivity contribution in [3.63, 3.8) is 0 Å². The molecule has 0 spiro atoms. The summed E-state index contributed by atoms with van der Waals surface area (Å²) < 4.78 is 10.5. The van der Waals surface area contributed by atoms with E-state index in [1.54, 1.807) is 48.5 Å². The second-order valence-electron chi connectivity index (χ2n) is 7.52. The Balaban J connectivity index is 1.63. The van der Waals surface area contributed by atoms with Crippen molar-refractivity contribution in [3.8, 4) is 0 Å². The number of allylic oxidation sites excluding steroid dienone is 2. The molecule has 2 aromatic rings. The number of ether oxygens (including phenoxy) is 2. The Labute approximate surface area is 197 Å². The van der Waals surface area contributed by atoms with Crippen molar-refractivity contribution in [2.45, 2.75) is 39.5 Å². The number of esters is 2. The Morgan fingerprint density at radius 3 is 1.65 bits per heavy atom. The summed E-state index contributed by atoms with van der Waals surface area (Å²) in [7, 11) is 0. The number of aliphatic hydroxyl groups excluding tert-OH is 1. The van der Waals surface area contributed by atoms with Gasteiger partial charge in [0.05, 0.1) is 29.9 Å². The van der Waals surface area contributed by atoms with E-state index in [1.165, 1.54) is 13.8 Å². The van der Waals surface area contributed by atoms with Crippen LogP contribution in [-0.2, 0) is 14.3 Å². The van der Waals surface area contributed by atoms with Gasteiger partial charge in [-0.15, -0.1) is 0 Å². The highest BCUT2D eigenvalue weighted by Crippen LogP contribution is 2.20. The molecule has 0 saturated carbocycles. The lowest BCUT2D eigenvalue weighted by atomic mass is 10.00. The summed E-state index contributed by atoms with van der Waals surface area (Å²) in [5.41, 5.74) is 10.3. The van der Waals surface area contributed by atoms with Crippen LogP contribution in [0.3, 0.4) is 0 Å². The van der Waals surface area contributed by atoms with Crippen molar-refractivity contribution >= 4 is 29.0 Å². The summed E-state index contributed by atoms with van der Waals surface area (Å²) in [6, 6.07) is 12.5. The lowest BCUT2D eigenvalue weighted by molar-refractivity contribution is -0.111. The Kier molecular flexibility index (Phi) is 10.3. The van der Waals surface area contributed by atoms with Gasteiger partial charge in [0, 0.05) is 10.6 Å². The third-order valence-electron chi connectivity index (χ3n) is 4.89. The van der Waals surface area contributed by atoms with Crippen molar-refractivity contribution < 1.29 is 29.0 Å². The monoisotopic (exact) mass is 465 g/mol. The van der Waals surface area contributed by atoms with E-state index < -0.39 is 11.9 Å². The second-order valence-corrected chi connectivity index (χ2v) is 7.52. The molecule has 0 amide bonds. The molecule has 0 atom stereocenters. The molecule has 2 aromatic carbocycles. The summed E-state index contributed by atoms with van der Waals surface area (Å²) in [4.78, 5) is 38.5. The van der Waals surface area contributed by atoms with Gasteiger partial charge in [-0.2, -0.15) is 0 Å². The fraction of sp³-hybridized carbons (Fsp3) is 0.320. The number of carbonyl (C=O) groups excluding carboxylic acids is 3. The Morgan fingerprint density at radius 2 is 1.24 bits per heavy atom. The summed E-state index contributed by atoms with van der Waals surface area (Å²) in [6.45, 7) is 3.36. The van der Waals surface area contributed by atoms with Gasteiger partial charge in [0.15, 0.2) is 5.78 Å². The van der Waals surface area contributed by atoms with Crippen LogP contribution in [0.25, 0.3) is 16.0 Å². The molecule has 0 heterocycles. The number of unbranched alkanes of at least 4 members (excludes halogenated alkanes) is 3. The molecule has 0 aliphatic heterocycles. The summed E-state index contributed by atoms with van der Waals surface area (Å²) in [5, 5.41) is 13.1. The Morgan fingerprint density at radius 1 is 0.794 bits per heavy atom. The molecule has 178 valence electrons. The van der Waals surface area contributed by atoms with Gasteiger partial charge >= 0.3 is 11.9 Å². The van der Waals surface area contributed by atoms with Crippen LogP contribution in [-0.4, -0.2) is 36.0 Å². The van der Waals surface area contributed by atoms with Crippen LogP contribution in [0.1, 0.15) is 65.8 Å². The molecule has 0 aromatic heterocycles. The Hall–Kier alpha value is -4.10. The highest BCUT2D eigenvalue weighted by Gasteiger charge is 2.13. The van der Waals surface area contributed by atoms with E-state index in [1.807, 2.05) is 0 Å². The SMILES string of the molecule is CC(=O)C(=C(C)O)c1ccc(C(=O)OCCCCCCOC(=O)c2ccc(N=[N+]=[N-])cc2)cc1. The lowest BCUT2D eigenvalue weighted by Crippen LogP contribution is -2.08. The zero-order valence-electron chi connectivity index (χ0n) is 19.2. The maximum absolute atomic E-state index is 12.2.